The van der Waals surface area contributed by atoms with Crippen LogP contribution in [0, 0.1) is 0 Å². The number of nitrogens with two attached hydrogens (primary N) is 1. The third-order valence-corrected chi connectivity index (χ3v) is 2.57. The van der Waals surface area contributed by atoms with E-state index in [1.165, 1.54) is 4.90 Å². The zero-order chi connectivity index (χ0) is 11.1. The second-order valence-corrected chi connectivity index (χ2v) is 3.79. The summed E-state index contributed by atoms with van der Waals surface area (Å²) in [4.78, 5) is 11.9. The zero-order valence-electron chi connectivity index (χ0n) is 8.53. The second-order valence-electron chi connectivity index (χ2n) is 2.91. The van der Waals surface area contributed by atoms with Crippen LogP contribution >= 0.6 is 11.8 Å². The quantitative estimate of drug-likeness (QED) is 0.339. The molecule has 0 aliphatic carbocycles. The molecule has 4 nitrogen and oxygen atoms in total. The Bertz CT molecular complexity index is 314. The molecule has 1 rings (SSSR count). The molecule has 0 unspecified atom stereocenters. The number of hydrogen-bond donors (Lipinski definition) is 2. The van der Waals surface area contributed by atoms with Crippen LogP contribution in [0.4, 0.5) is 0 Å². The summed E-state index contributed by atoms with van der Waals surface area (Å²) in [5, 5.41) is 0. The summed E-state index contributed by atoms with van der Waals surface area (Å²) in [5.74, 6) is 4.58. The van der Waals surface area contributed by atoms with Crippen LogP contribution in [0.3, 0.4) is 0 Å². The SMILES string of the molecule is CSc1ccc(COCC(=O)NN)cc1. The van der Waals surface area contributed by atoms with Gasteiger partial charge in [-0.3, -0.25) is 10.2 Å². The van der Waals surface area contributed by atoms with Gasteiger partial charge in [0.25, 0.3) is 5.91 Å². The van der Waals surface area contributed by atoms with E-state index in [0.29, 0.717) is 6.61 Å². The zero-order valence-corrected chi connectivity index (χ0v) is 9.34. The molecule has 0 fully saturated rings. The van der Waals surface area contributed by atoms with Crippen molar-refractivity contribution in [1.29, 1.82) is 0 Å². The predicted octanol–water partition coefficient (Wildman–Crippen LogP) is 0.915. The molecule has 0 bridgehead atoms. The van der Waals surface area contributed by atoms with E-state index >= 15 is 0 Å². The maximum Gasteiger partial charge on any atom is 0.259 e. The Labute approximate surface area is 93.1 Å². The molecule has 0 aliphatic heterocycles. The van der Waals surface area contributed by atoms with Crippen molar-refractivity contribution < 1.29 is 9.53 Å². The molecule has 0 aliphatic rings. The summed E-state index contributed by atoms with van der Waals surface area (Å²) in [6, 6.07) is 8.00. The lowest BCUT2D eigenvalue weighted by atomic mass is 10.2. The first kappa shape index (κ1) is 12.0. The van der Waals surface area contributed by atoms with E-state index in [9.17, 15) is 4.79 Å². The maximum absolute atomic E-state index is 10.7. The number of nitrogens with one attached hydrogen (secondary N) is 1. The van der Waals surface area contributed by atoms with Gasteiger partial charge < -0.3 is 4.74 Å². The van der Waals surface area contributed by atoms with Crippen LogP contribution < -0.4 is 11.3 Å². The van der Waals surface area contributed by atoms with E-state index in [1.807, 2.05) is 35.9 Å². The van der Waals surface area contributed by atoms with Crippen LogP contribution in [0.5, 0.6) is 0 Å². The second kappa shape index (κ2) is 6.44. The first-order valence-electron chi connectivity index (χ1n) is 4.46. The van der Waals surface area contributed by atoms with Crippen molar-refractivity contribution in [2.45, 2.75) is 11.5 Å². The highest BCUT2D eigenvalue weighted by atomic mass is 32.2. The Hall–Kier alpha value is -1.04. The van der Waals surface area contributed by atoms with Gasteiger partial charge in [-0.05, 0) is 24.0 Å². The fourth-order valence-corrected chi connectivity index (χ4v) is 1.43. The molecular formula is C10H14N2O2S. The lowest BCUT2D eigenvalue weighted by Gasteiger charge is -2.04. The molecule has 0 aromatic heterocycles. The van der Waals surface area contributed by atoms with Gasteiger partial charge in [0.15, 0.2) is 0 Å². The molecule has 1 aromatic rings. The lowest BCUT2D eigenvalue weighted by molar-refractivity contribution is -0.126. The minimum Gasteiger partial charge on any atom is -0.367 e. The molecule has 1 aromatic carbocycles. The van der Waals surface area contributed by atoms with Crippen LogP contribution in [-0.4, -0.2) is 18.8 Å². The van der Waals surface area contributed by atoms with Crippen LogP contribution in [-0.2, 0) is 16.1 Å². The molecule has 82 valence electrons. The number of rotatable bonds is 5. The van der Waals surface area contributed by atoms with Crippen molar-refractivity contribution in [2.75, 3.05) is 12.9 Å². The van der Waals surface area contributed by atoms with Gasteiger partial charge in [-0.2, -0.15) is 0 Å². The topological polar surface area (TPSA) is 64.3 Å². The van der Waals surface area contributed by atoms with Gasteiger partial charge >= 0.3 is 0 Å². The van der Waals surface area contributed by atoms with E-state index in [4.69, 9.17) is 10.6 Å². The summed E-state index contributed by atoms with van der Waals surface area (Å²) in [7, 11) is 0. The normalized spacial score (nSPS) is 10.0. The van der Waals surface area contributed by atoms with Gasteiger partial charge in [-0.25, -0.2) is 5.84 Å². The number of amides is 1. The molecule has 0 heterocycles. The van der Waals surface area contributed by atoms with E-state index in [0.717, 1.165) is 5.56 Å². The molecule has 3 N–H and O–H groups in total. The number of carbonyl (C=O) groups is 1. The van der Waals surface area contributed by atoms with Crippen molar-refractivity contribution >= 4 is 17.7 Å². The van der Waals surface area contributed by atoms with E-state index in [2.05, 4.69) is 0 Å². The summed E-state index contributed by atoms with van der Waals surface area (Å²) in [5.41, 5.74) is 3.04. The van der Waals surface area contributed by atoms with Crippen molar-refractivity contribution in [2.24, 2.45) is 5.84 Å². The third kappa shape index (κ3) is 4.33. The van der Waals surface area contributed by atoms with Crippen LogP contribution in [0.1, 0.15) is 5.56 Å². The minimum atomic E-state index is -0.323. The fourth-order valence-electron chi connectivity index (χ4n) is 1.03. The standard InChI is InChI=1S/C10H14N2O2S/c1-15-9-4-2-8(3-5-9)6-14-7-10(13)12-11/h2-5H,6-7,11H2,1H3,(H,12,13). The Balaban J connectivity index is 2.34. The first-order chi connectivity index (χ1) is 7.26. The average molecular weight is 226 g/mol. The van der Waals surface area contributed by atoms with Crippen LogP contribution in [0.15, 0.2) is 29.2 Å². The molecule has 5 heteroatoms. The third-order valence-electron chi connectivity index (χ3n) is 1.82. The highest BCUT2D eigenvalue weighted by molar-refractivity contribution is 7.98. The highest BCUT2D eigenvalue weighted by Crippen LogP contribution is 2.15. The van der Waals surface area contributed by atoms with Crippen molar-refractivity contribution in [3.8, 4) is 0 Å². The maximum atomic E-state index is 10.7. The largest absolute Gasteiger partial charge is 0.367 e. The molecule has 0 atom stereocenters. The predicted molar refractivity (Wildman–Crippen MR) is 60.2 cm³/mol. The first-order valence-corrected chi connectivity index (χ1v) is 5.69. The Morgan fingerprint density at radius 1 is 1.47 bits per heavy atom. The number of hydrazine groups is 1. The number of benzene rings is 1. The molecular weight excluding hydrogens is 212 g/mol. The lowest BCUT2D eigenvalue weighted by Crippen LogP contribution is -2.33. The summed E-state index contributed by atoms with van der Waals surface area (Å²) >= 11 is 1.69. The number of thioether (sulfide) groups is 1. The van der Waals surface area contributed by atoms with Crippen molar-refractivity contribution in [3.05, 3.63) is 29.8 Å². The Kier molecular flexibility index (Phi) is 5.17. The minimum absolute atomic E-state index is 0.0131. The summed E-state index contributed by atoms with van der Waals surface area (Å²) in [6.45, 7) is 0.406. The average Bonchev–Trinajstić information content (AvgIpc) is 2.29. The van der Waals surface area contributed by atoms with Crippen molar-refractivity contribution in [3.63, 3.8) is 0 Å². The highest BCUT2D eigenvalue weighted by Gasteiger charge is 1.98. The van der Waals surface area contributed by atoms with E-state index in [1.54, 1.807) is 11.8 Å². The Morgan fingerprint density at radius 2 is 2.13 bits per heavy atom. The van der Waals surface area contributed by atoms with Crippen LogP contribution in [0.2, 0.25) is 0 Å². The van der Waals surface area contributed by atoms with Crippen LogP contribution in [0.25, 0.3) is 0 Å². The number of carbonyl (C=O) groups excluding carboxylic acids is 1. The Morgan fingerprint density at radius 3 is 2.67 bits per heavy atom. The fraction of sp³-hybridized carbons (Fsp3) is 0.300. The number of ether oxygens (including phenoxy) is 1. The summed E-state index contributed by atoms with van der Waals surface area (Å²) in [6.07, 6.45) is 2.02. The molecule has 0 spiro atoms. The van der Waals surface area contributed by atoms with Crippen molar-refractivity contribution in [1.82, 2.24) is 5.43 Å². The van der Waals surface area contributed by atoms with Gasteiger partial charge in [-0.1, -0.05) is 12.1 Å². The van der Waals surface area contributed by atoms with Gasteiger partial charge in [0.1, 0.15) is 6.61 Å². The molecule has 15 heavy (non-hydrogen) atoms. The van der Waals surface area contributed by atoms with E-state index < -0.39 is 0 Å². The van der Waals surface area contributed by atoms with Gasteiger partial charge in [-0.15, -0.1) is 11.8 Å². The molecule has 0 saturated heterocycles. The van der Waals surface area contributed by atoms with Gasteiger partial charge in [0, 0.05) is 4.90 Å². The number of hydrogen-bond acceptors (Lipinski definition) is 4. The molecule has 0 saturated carbocycles. The smallest absolute Gasteiger partial charge is 0.259 e. The molecule has 1 amide bonds. The summed E-state index contributed by atoms with van der Waals surface area (Å²) < 4.78 is 5.15. The monoisotopic (exact) mass is 226 g/mol. The van der Waals surface area contributed by atoms with Gasteiger partial charge in [0.05, 0.1) is 6.61 Å². The van der Waals surface area contributed by atoms with Gasteiger partial charge in [0.2, 0.25) is 0 Å². The molecule has 0 radical (unpaired) electrons. The van der Waals surface area contributed by atoms with E-state index in [-0.39, 0.29) is 12.5 Å².